The molecule has 1 heterocycles. The van der Waals surface area contributed by atoms with Gasteiger partial charge in [0.1, 0.15) is 12.4 Å². The third-order valence-corrected chi connectivity index (χ3v) is 5.02. The molecule has 31 heavy (non-hydrogen) atoms. The summed E-state index contributed by atoms with van der Waals surface area (Å²) in [6, 6.07) is 13.6. The lowest BCUT2D eigenvalue weighted by molar-refractivity contribution is -0.116. The maximum Gasteiger partial charge on any atom is 0.338 e. The molecular formula is C22H21N3O5S. The Morgan fingerprint density at radius 3 is 2.58 bits per heavy atom. The number of thiazole rings is 1. The van der Waals surface area contributed by atoms with Crippen LogP contribution in [0.4, 0.5) is 16.5 Å². The van der Waals surface area contributed by atoms with Gasteiger partial charge in [0, 0.05) is 24.9 Å². The van der Waals surface area contributed by atoms with Crippen molar-refractivity contribution in [3.8, 4) is 5.75 Å². The second-order valence-electron chi connectivity index (χ2n) is 6.49. The Balaban J connectivity index is 1.72. The van der Waals surface area contributed by atoms with Crippen molar-refractivity contribution in [2.75, 3.05) is 17.3 Å². The van der Waals surface area contributed by atoms with Crippen molar-refractivity contribution in [1.29, 1.82) is 0 Å². The third kappa shape index (κ3) is 5.46. The van der Waals surface area contributed by atoms with Crippen LogP contribution in [0.1, 0.15) is 29.9 Å². The van der Waals surface area contributed by atoms with Crippen molar-refractivity contribution < 1.29 is 23.9 Å². The van der Waals surface area contributed by atoms with Crippen LogP contribution < -0.4 is 15.0 Å². The smallest absolute Gasteiger partial charge is 0.338 e. The van der Waals surface area contributed by atoms with E-state index in [1.165, 1.54) is 43.3 Å². The number of carbonyl (C=O) groups excluding carboxylic acids is 3. The number of ether oxygens (including phenoxy) is 2. The molecule has 160 valence electrons. The van der Waals surface area contributed by atoms with Crippen molar-refractivity contribution in [1.82, 2.24) is 4.98 Å². The highest BCUT2D eigenvalue weighted by Crippen LogP contribution is 2.35. The third-order valence-electron chi connectivity index (χ3n) is 4.14. The van der Waals surface area contributed by atoms with Crippen LogP contribution in [0.3, 0.4) is 0 Å². The molecule has 3 rings (SSSR count). The molecule has 0 unspecified atom stereocenters. The van der Waals surface area contributed by atoms with Gasteiger partial charge in [0.2, 0.25) is 11.8 Å². The van der Waals surface area contributed by atoms with E-state index in [0.717, 1.165) is 0 Å². The highest BCUT2D eigenvalue weighted by atomic mass is 32.1. The van der Waals surface area contributed by atoms with E-state index < -0.39 is 5.97 Å². The number of esters is 1. The number of benzene rings is 2. The molecule has 2 aromatic carbocycles. The Labute approximate surface area is 183 Å². The summed E-state index contributed by atoms with van der Waals surface area (Å²) >= 11 is 1.26. The van der Waals surface area contributed by atoms with Gasteiger partial charge in [-0.25, -0.2) is 9.78 Å². The zero-order valence-electron chi connectivity index (χ0n) is 17.2. The minimum Gasteiger partial charge on any atom is -0.495 e. The van der Waals surface area contributed by atoms with Crippen LogP contribution in [0.2, 0.25) is 0 Å². The number of para-hydroxylation sites is 2. The first-order chi connectivity index (χ1) is 14.9. The van der Waals surface area contributed by atoms with E-state index in [9.17, 15) is 14.4 Å². The number of hydrogen-bond acceptors (Lipinski definition) is 7. The van der Waals surface area contributed by atoms with Crippen molar-refractivity contribution in [3.05, 3.63) is 65.2 Å². The molecule has 0 aliphatic rings. The van der Waals surface area contributed by atoms with Gasteiger partial charge in [-0.3, -0.25) is 14.5 Å². The summed E-state index contributed by atoms with van der Waals surface area (Å²) in [6.07, 6.45) is 0. The summed E-state index contributed by atoms with van der Waals surface area (Å²) in [5.41, 5.74) is 1.89. The predicted molar refractivity (Wildman–Crippen MR) is 118 cm³/mol. The largest absolute Gasteiger partial charge is 0.495 e. The molecule has 0 radical (unpaired) electrons. The van der Waals surface area contributed by atoms with E-state index in [-0.39, 0.29) is 18.4 Å². The lowest BCUT2D eigenvalue weighted by atomic mass is 10.2. The first-order valence-electron chi connectivity index (χ1n) is 9.32. The molecule has 0 aliphatic heterocycles. The van der Waals surface area contributed by atoms with Crippen molar-refractivity contribution in [2.45, 2.75) is 20.5 Å². The fourth-order valence-corrected chi connectivity index (χ4v) is 3.70. The number of aromatic nitrogens is 1. The monoisotopic (exact) mass is 439 g/mol. The summed E-state index contributed by atoms with van der Waals surface area (Å²) in [6.45, 7) is 2.77. The molecule has 3 aromatic rings. The Morgan fingerprint density at radius 2 is 1.87 bits per heavy atom. The highest BCUT2D eigenvalue weighted by Gasteiger charge is 2.21. The van der Waals surface area contributed by atoms with Gasteiger partial charge in [0.05, 0.1) is 24.1 Å². The summed E-state index contributed by atoms with van der Waals surface area (Å²) in [4.78, 5) is 41.7. The van der Waals surface area contributed by atoms with Gasteiger partial charge in [-0.1, -0.05) is 18.2 Å². The van der Waals surface area contributed by atoms with E-state index in [1.807, 2.05) is 6.07 Å². The number of anilines is 3. The molecule has 0 aliphatic carbocycles. The van der Waals surface area contributed by atoms with Crippen molar-refractivity contribution in [2.24, 2.45) is 0 Å². The molecule has 1 aromatic heterocycles. The Bertz CT molecular complexity index is 1110. The maximum atomic E-state index is 12.4. The zero-order valence-corrected chi connectivity index (χ0v) is 18.1. The van der Waals surface area contributed by atoms with E-state index in [1.54, 1.807) is 41.8 Å². The van der Waals surface area contributed by atoms with Crippen LogP contribution in [0.25, 0.3) is 0 Å². The molecule has 0 saturated heterocycles. The van der Waals surface area contributed by atoms with Gasteiger partial charge in [0.15, 0.2) is 5.13 Å². The Kier molecular flexibility index (Phi) is 6.99. The number of nitrogens with one attached hydrogen (secondary N) is 1. The van der Waals surface area contributed by atoms with Crippen LogP contribution in [-0.4, -0.2) is 29.9 Å². The molecule has 2 amide bonds. The molecule has 0 bridgehead atoms. The quantitative estimate of drug-likeness (QED) is 0.556. The summed E-state index contributed by atoms with van der Waals surface area (Å²) in [7, 11) is 1.53. The number of carbonyl (C=O) groups is 3. The van der Waals surface area contributed by atoms with E-state index in [0.29, 0.717) is 33.5 Å². The topological polar surface area (TPSA) is 97.8 Å². The first-order valence-corrected chi connectivity index (χ1v) is 10.2. The standard InChI is InChI=1S/C22H21N3O5S/c1-14(26)23-17-8-6-7-16(11-17)21(28)30-12-18-13-31-22(24-18)25(15(2)27)19-9-4-5-10-20(19)29-3/h4-11,13H,12H2,1-3H3,(H,23,26). The van der Waals surface area contributed by atoms with E-state index in [4.69, 9.17) is 9.47 Å². The van der Waals surface area contributed by atoms with Crippen LogP contribution >= 0.6 is 11.3 Å². The molecule has 9 heteroatoms. The van der Waals surface area contributed by atoms with Crippen LogP contribution in [0.15, 0.2) is 53.9 Å². The Hall–Kier alpha value is -3.72. The zero-order chi connectivity index (χ0) is 22.4. The fraction of sp³-hybridized carbons (Fsp3) is 0.182. The minimum absolute atomic E-state index is 0.0582. The number of methoxy groups -OCH3 is 1. The number of rotatable bonds is 7. The average molecular weight is 439 g/mol. The second kappa shape index (κ2) is 9.86. The van der Waals surface area contributed by atoms with Crippen LogP contribution in [0, 0.1) is 0 Å². The average Bonchev–Trinajstić information content (AvgIpc) is 3.20. The van der Waals surface area contributed by atoms with Gasteiger partial charge in [-0.15, -0.1) is 11.3 Å². The van der Waals surface area contributed by atoms with Gasteiger partial charge in [-0.2, -0.15) is 0 Å². The molecule has 0 saturated carbocycles. The summed E-state index contributed by atoms with van der Waals surface area (Å²) in [5, 5.41) is 4.78. The molecule has 8 nitrogen and oxygen atoms in total. The molecule has 0 atom stereocenters. The molecule has 1 N–H and O–H groups in total. The minimum atomic E-state index is -0.546. The van der Waals surface area contributed by atoms with Gasteiger partial charge < -0.3 is 14.8 Å². The van der Waals surface area contributed by atoms with Gasteiger partial charge >= 0.3 is 5.97 Å². The number of nitrogens with zero attached hydrogens (tertiary/aromatic N) is 2. The molecule has 0 spiro atoms. The van der Waals surface area contributed by atoms with Gasteiger partial charge in [0.25, 0.3) is 0 Å². The molecular weight excluding hydrogens is 418 g/mol. The van der Waals surface area contributed by atoms with Crippen molar-refractivity contribution >= 4 is 45.6 Å². The lowest BCUT2D eigenvalue weighted by Crippen LogP contribution is -2.23. The van der Waals surface area contributed by atoms with Gasteiger partial charge in [-0.05, 0) is 30.3 Å². The number of amides is 2. The van der Waals surface area contributed by atoms with Crippen molar-refractivity contribution in [3.63, 3.8) is 0 Å². The second-order valence-corrected chi connectivity index (χ2v) is 7.32. The summed E-state index contributed by atoms with van der Waals surface area (Å²) in [5.74, 6) is -0.461. The SMILES string of the molecule is COc1ccccc1N(C(C)=O)c1nc(COC(=O)c2cccc(NC(C)=O)c2)cs1. The maximum absolute atomic E-state index is 12.4. The Morgan fingerprint density at radius 1 is 1.10 bits per heavy atom. The first kappa shape index (κ1) is 22.0. The summed E-state index contributed by atoms with van der Waals surface area (Å²) < 4.78 is 10.7. The molecule has 0 fully saturated rings. The fourth-order valence-electron chi connectivity index (χ4n) is 2.84. The normalized spacial score (nSPS) is 10.3. The van der Waals surface area contributed by atoms with Crippen LogP contribution in [-0.2, 0) is 20.9 Å². The van der Waals surface area contributed by atoms with Crippen LogP contribution in [0.5, 0.6) is 5.75 Å². The van der Waals surface area contributed by atoms with E-state index in [2.05, 4.69) is 10.3 Å². The van der Waals surface area contributed by atoms with E-state index >= 15 is 0 Å². The number of hydrogen-bond donors (Lipinski definition) is 1. The highest BCUT2D eigenvalue weighted by molar-refractivity contribution is 7.14. The lowest BCUT2D eigenvalue weighted by Gasteiger charge is -2.20. The predicted octanol–water partition coefficient (Wildman–Crippen LogP) is 4.15.